The quantitative estimate of drug-likeness (QED) is 0.890. The lowest BCUT2D eigenvalue weighted by Crippen LogP contribution is -2.36. The van der Waals surface area contributed by atoms with E-state index in [0.717, 1.165) is 24.8 Å². The molecule has 0 amide bonds. The van der Waals surface area contributed by atoms with Crippen molar-refractivity contribution < 1.29 is 0 Å². The van der Waals surface area contributed by atoms with Gasteiger partial charge >= 0.3 is 0 Å². The van der Waals surface area contributed by atoms with E-state index in [4.69, 9.17) is 5.10 Å². The molecule has 0 radical (unpaired) electrons. The molecule has 2 aliphatic rings. The van der Waals surface area contributed by atoms with Crippen LogP contribution in [0.25, 0.3) is 0 Å². The van der Waals surface area contributed by atoms with Gasteiger partial charge in [-0.1, -0.05) is 19.8 Å². The summed E-state index contributed by atoms with van der Waals surface area (Å²) >= 11 is 0. The molecular formula is C15H25N3. The zero-order chi connectivity index (χ0) is 12.4. The van der Waals surface area contributed by atoms with Gasteiger partial charge < -0.3 is 5.32 Å². The van der Waals surface area contributed by atoms with Crippen LogP contribution >= 0.6 is 0 Å². The zero-order valence-electron chi connectivity index (χ0n) is 11.4. The van der Waals surface area contributed by atoms with Gasteiger partial charge in [0.15, 0.2) is 0 Å². The number of rotatable bonds is 3. The summed E-state index contributed by atoms with van der Waals surface area (Å²) in [6, 6.07) is 2.92. The molecule has 0 aromatic carbocycles. The lowest BCUT2D eigenvalue weighted by molar-refractivity contribution is 0.270. The number of hydrogen-bond donors (Lipinski definition) is 1. The Morgan fingerprint density at radius 1 is 1.33 bits per heavy atom. The third-order valence-corrected chi connectivity index (χ3v) is 4.82. The van der Waals surface area contributed by atoms with E-state index in [-0.39, 0.29) is 0 Å². The molecule has 2 heterocycles. The van der Waals surface area contributed by atoms with E-state index in [1.54, 1.807) is 0 Å². The highest BCUT2D eigenvalue weighted by Crippen LogP contribution is 2.29. The second-order valence-electron chi connectivity index (χ2n) is 6.16. The minimum Gasteiger partial charge on any atom is -0.316 e. The molecule has 1 aliphatic carbocycles. The van der Waals surface area contributed by atoms with Crippen molar-refractivity contribution in [3.63, 3.8) is 0 Å². The van der Waals surface area contributed by atoms with E-state index in [9.17, 15) is 0 Å². The van der Waals surface area contributed by atoms with E-state index in [0.29, 0.717) is 6.04 Å². The van der Waals surface area contributed by atoms with E-state index >= 15 is 0 Å². The van der Waals surface area contributed by atoms with E-state index in [1.165, 1.54) is 44.3 Å². The van der Waals surface area contributed by atoms with Gasteiger partial charge in [-0.05, 0) is 56.7 Å². The molecule has 100 valence electrons. The molecule has 0 spiro atoms. The maximum Gasteiger partial charge on any atom is 0.0628 e. The van der Waals surface area contributed by atoms with Crippen LogP contribution in [0.5, 0.6) is 0 Å². The number of piperidine rings is 1. The van der Waals surface area contributed by atoms with Crippen molar-refractivity contribution in [2.45, 2.75) is 51.5 Å². The molecule has 2 fully saturated rings. The Kier molecular flexibility index (Phi) is 3.69. The van der Waals surface area contributed by atoms with Gasteiger partial charge in [-0.2, -0.15) is 5.10 Å². The number of hydrogen-bond acceptors (Lipinski definition) is 2. The van der Waals surface area contributed by atoms with Crippen LogP contribution in [0.3, 0.4) is 0 Å². The highest BCUT2D eigenvalue weighted by molar-refractivity contribution is 5.02. The van der Waals surface area contributed by atoms with Crippen LogP contribution in [0.1, 0.15) is 50.8 Å². The van der Waals surface area contributed by atoms with Crippen molar-refractivity contribution >= 4 is 0 Å². The molecule has 18 heavy (non-hydrogen) atoms. The normalized spacial score (nSPS) is 29.8. The SMILES string of the molecule is CC1CCNCC1Cc1ccn(C2CCCC2)n1. The van der Waals surface area contributed by atoms with Gasteiger partial charge in [-0.25, -0.2) is 0 Å². The second kappa shape index (κ2) is 5.43. The lowest BCUT2D eigenvalue weighted by Gasteiger charge is -2.28. The maximum atomic E-state index is 4.81. The topological polar surface area (TPSA) is 29.9 Å². The number of aromatic nitrogens is 2. The lowest BCUT2D eigenvalue weighted by atomic mass is 9.85. The van der Waals surface area contributed by atoms with Crippen molar-refractivity contribution in [2.75, 3.05) is 13.1 Å². The molecule has 0 bridgehead atoms. The molecular weight excluding hydrogens is 222 g/mol. The monoisotopic (exact) mass is 247 g/mol. The number of nitrogens with zero attached hydrogens (tertiary/aromatic N) is 2. The van der Waals surface area contributed by atoms with E-state index in [2.05, 4.69) is 29.2 Å². The van der Waals surface area contributed by atoms with Gasteiger partial charge in [0, 0.05) is 6.20 Å². The molecule has 1 N–H and O–H groups in total. The van der Waals surface area contributed by atoms with Crippen LogP contribution in [0.15, 0.2) is 12.3 Å². The third-order valence-electron chi connectivity index (χ3n) is 4.82. The highest BCUT2D eigenvalue weighted by atomic mass is 15.3. The molecule has 1 aliphatic heterocycles. The predicted octanol–water partition coefficient (Wildman–Crippen LogP) is 2.79. The Morgan fingerprint density at radius 3 is 2.94 bits per heavy atom. The fourth-order valence-corrected chi connectivity index (χ4v) is 3.45. The summed E-state index contributed by atoms with van der Waals surface area (Å²) in [5.74, 6) is 1.61. The van der Waals surface area contributed by atoms with Crippen LogP contribution in [0.2, 0.25) is 0 Å². The maximum absolute atomic E-state index is 4.81. The fourth-order valence-electron chi connectivity index (χ4n) is 3.45. The van der Waals surface area contributed by atoms with Crippen molar-refractivity contribution in [2.24, 2.45) is 11.8 Å². The molecule has 1 saturated carbocycles. The molecule has 2 atom stereocenters. The van der Waals surface area contributed by atoms with E-state index in [1.807, 2.05) is 0 Å². The van der Waals surface area contributed by atoms with Gasteiger partial charge in [0.05, 0.1) is 11.7 Å². The standard InChI is InChI=1S/C15H25N3/c1-12-6-8-16-11-13(12)10-14-7-9-18(17-14)15-4-2-3-5-15/h7,9,12-13,15-16H,2-6,8,10-11H2,1H3. The molecule has 3 rings (SSSR count). The summed E-state index contributed by atoms with van der Waals surface area (Å²) in [5.41, 5.74) is 1.29. The average molecular weight is 247 g/mol. The molecule has 3 heteroatoms. The first-order chi connectivity index (χ1) is 8.83. The first-order valence-corrected chi connectivity index (χ1v) is 7.57. The van der Waals surface area contributed by atoms with Crippen LogP contribution in [-0.4, -0.2) is 22.9 Å². The zero-order valence-corrected chi connectivity index (χ0v) is 11.4. The summed E-state index contributed by atoms with van der Waals surface area (Å²) in [6.07, 6.45) is 10.1. The molecule has 2 unspecified atom stereocenters. The van der Waals surface area contributed by atoms with Crippen molar-refractivity contribution in [3.8, 4) is 0 Å². The van der Waals surface area contributed by atoms with Crippen LogP contribution < -0.4 is 5.32 Å². The van der Waals surface area contributed by atoms with Gasteiger partial charge in [-0.15, -0.1) is 0 Å². The molecule has 1 saturated heterocycles. The summed E-state index contributed by atoms with van der Waals surface area (Å²) in [5, 5.41) is 8.32. The largest absolute Gasteiger partial charge is 0.316 e. The van der Waals surface area contributed by atoms with Crippen LogP contribution in [0.4, 0.5) is 0 Å². The Balaban J connectivity index is 1.62. The Labute approximate surface area is 110 Å². The first kappa shape index (κ1) is 12.2. The molecule has 1 aromatic rings. The van der Waals surface area contributed by atoms with Crippen molar-refractivity contribution in [1.29, 1.82) is 0 Å². The Bertz CT molecular complexity index is 379. The molecule has 3 nitrogen and oxygen atoms in total. The summed E-state index contributed by atoms with van der Waals surface area (Å²) < 4.78 is 2.23. The van der Waals surface area contributed by atoms with E-state index < -0.39 is 0 Å². The molecule has 1 aromatic heterocycles. The predicted molar refractivity (Wildman–Crippen MR) is 73.6 cm³/mol. The van der Waals surface area contributed by atoms with Gasteiger partial charge in [0.2, 0.25) is 0 Å². The van der Waals surface area contributed by atoms with Crippen LogP contribution in [-0.2, 0) is 6.42 Å². The minimum atomic E-state index is 0.681. The van der Waals surface area contributed by atoms with Crippen molar-refractivity contribution in [1.82, 2.24) is 15.1 Å². The van der Waals surface area contributed by atoms with Gasteiger partial charge in [-0.3, -0.25) is 4.68 Å². The average Bonchev–Trinajstić information content (AvgIpc) is 3.02. The highest BCUT2D eigenvalue weighted by Gasteiger charge is 2.23. The number of nitrogens with one attached hydrogen (secondary N) is 1. The second-order valence-corrected chi connectivity index (χ2v) is 6.16. The summed E-state index contributed by atoms with van der Waals surface area (Å²) in [4.78, 5) is 0. The third kappa shape index (κ3) is 2.61. The minimum absolute atomic E-state index is 0.681. The smallest absolute Gasteiger partial charge is 0.0628 e. The summed E-state index contributed by atoms with van der Waals surface area (Å²) in [6.45, 7) is 4.74. The van der Waals surface area contributed by atoms with Gasteiger partial charge in [0.1, 0.15) is 0 Å². The Hall–Kier alpha value is -0.830. The summed E-state index contributed by atoms with van der Waals surface area (Å²) in [7, 11) is 0. The Morgan fingerprint density at radius 2 is 2.17 bits per heavy atom. The fraction of sp³-hybridized carbons (Fsp3) is 0.800. The first-order valence-electron chi connectivity index (χ1n) is 7.57. The van der Waals surface area contributed by atoms with Gasteiger partial charge in [0.25, 0.3) is 0 Å². The van der Waals surface area contributed by atoms with Crippen LogP contribution in [0, 0.1) is 11.8 Å². The van der Waals surface area contributed by atoms with Crippen molar-refractivity contribution in [3.05, 3.63) is 18.0 Å².